The second-order valence-electron chi connectivity index (χ2n) is 7.85. The van der Waals surface area contributed by atoms with Crippen LogP contribution in [-0.2, 0) is 6.42 Å². The SMILES string of the molecule is Cc1cccc(C2=C(c3ccc4nccnc4c3)CC(Cc3cccc(C(N)=O)c3)=N2)n1. The number of benzene rings is 2. The minimum absolute atomic E-state index is 0.430. The minimum Gasteiger partial charge on any atom is -0.366 e. The number of amides is 1. The number of fused-ring (bicyclic) bond motifs is 1. The molecule has 6 heteroatoms. The quantitative estimate of drug-likeness (QED) is 0.519. The summed E-state index contributed by atoms with van der Waals surface area (Å²) in [5.74, 6) is -0.430. The molecule has 3 heterocycles. The van der Waals surface area contributed by atoms with Crippen LogP contribution in [0, 0.1) is 6.92 Å². The number of allylic oxidation sites excluding steroid dienone is 1. The fourth-order valence-electron chi connectivity index (χ4n) is 4.00. The Labute approximate surface area is 185 Å². The van der Waals surface area contributed by atoms with Gasteiger partial charge in [0.25, 0.3) is 0 Å². The first kappa shape index (κ1) is 19.8. The van der Waals surface area contributed by atoms with Crippen LogP contribution in [0.25, 0.3) is 22.3 Å². The van der Waals surface area contributed by atoms with Gasteiger partial charge in [0.05, 0.1) is 22.4 Å². The molecule has 0 saturated carbocycles. The molecular weight excluding hydrogens is 398 g/mol. The number of pyridine rings is 1. The van der Waals surface area contributed by atoms with Gasteiger partial charge in [-0.25, -0.2) is 0 Å². The lowest BCUT2D eigenvalue weighted by atomic mass is 9.96. The average molecular weight is 419 g/mol. The standard InChI is InChI=1S/C26H21N5O/c1-16-4-2-7-23(30-16)25-21(18-8-9-22-24(14-18)29-11-10-28-22)15-20(31-25)13-17-5-3-6-19(12-17)26(27)32/h2-12,14H,13,15H2,1H3,(H2,27,32). The van der Waals surface area contributed by atoms with Crippen LogP contribution in [0.15, 0.2) is 78.0 Å². The normalized spacial score (nSPS) is 13.5. The highest BCUT2D eigenvalue weighted by molar-refractivity contribution is 6.10. The van der Waals surface area contributed by atoms with Crippen molar-refractivity contribution in [3.8, 4) is 0 Å². The van der Waals surface area contributed by atoms with Crippen molar-refractivity contribution in [2.45, 2.75) is 19.8 Å². The van der Waals surface area contributed by atoms with Gasteiger partial charge in [0.15, 0.2) is 0 Å². The molecule has 0 radical (unpaired) electrons. The maximum Gasteiger partial charge on any atom is 0.248 e. The van der Waals surface area contributed by atoms with Crippen molar-refractivity contribution < 1.29 is 4.79 Å². The third-order valence-electron chi connectivity index (χ3n) is 5.51. The summed E-state index contributed by atoms with van der Waals surface area (Å²) in [6.07, 6.45) is 4.72. The van der Waals surface area contributed by atoms with Gasteiger partial charge in [0.1, 0.15) is 0 Å². The molecule has 1 amide bonds. The molecule has 4 aromatic rings. The number of aromatic nitrogens is 3. The number of hydrogen-bond donors (Lipinski definition) is 1. The van der Waals surface area contributed by atoms with Crippen molar-refractivity contribution in [3.05, 3.63) is 101 Å². The first-order valence-corrected chi connectivity index (χ1v) is 10.4. The van der Waals surface area contributed by atoms with Gasteiger partial charge in [0, 0.05) is 42.2 Å². The maximum atomic E-state index is 11.6. The van der Waals surface area contributed by atoms with E-state index in [1.54, 1.807) is 18.5 Å². The third-order valence-corrected chi connectivity index (χ3v) is 5.51. The molecule has 1 aliphatic heterocycles. The summed E-state index contributed by atoms with van der Waals surface area (Å²) >= 11 is 0. The van der Waals surface area contributed by atoms with Crippen molar-refractivity contribution in [2.75, 3.05) is 0 Å². The van der Waals surface area contributed by atoms with Crippen molar-refractivity contribution in [1.82, 2.24) is 15.0 Å². The molecule has 0 unspecified atom stereocenters. The third kappa shape index (κ3) is 3.90. The van der Waals surface area contributed by atoms with Crippen molar-refractivity contribution in [2.24, 2.45) is 10.7 Å². The maximum absolute atomic E-state index is 11.6. The van der Waals surface area contributed by atoms with E-state index >= 15 is 0 Å². The minimum atomic E-state index is -0.430. The van der Waals surface area contributed by atoms with Gasteiger partial charge in [-0.15, -0.1) is 0 Å². The van der Waals surface area contributed by atoms with Gasteiger partial charge < -0.3 is 5.73 Å². The van der Waals surface area contributed by atoms with Crippen LogP contribution in [0.1, 0.15) is 39.3 Å². The molecule has 5 rings (SSSR count). The van der Waals surface area contributed by atoms with E-state index in [1.807, 2.05) is 49.4 Å². The Morgan fingerprint density at radius 2 is 1.78 bits per heavy atom. The summed E-state index contributed by atoms with van der Waals surface area (Å²) in [5.41, 5.74) is 14.5. The van der Waals surface area contributed by atoms with Crippen LogP contribution in [-0.4, -0.2) is 26.6 Å². The van der Waals surface area contributed by atoms with Gasteiger partial charge in [-0.2, -0.15) is 0 Å². The lowest BCUT2D eigenvalue weighted by Crippen LogP contribution is -2.11. The Morgan fingerprint density at radius 3 is 2.59 bits per heavy atom. The summed E-state index contributed by atoms with van der Waals surface area (Å²) in [6, 6.07) is 19.5. The van der Waals surface area contributed by atoms with Crippen LogP contribution in [0.3, 0.4) is 0 Å². The highest BCUT2D eigenvalue weighted by atomic mass is 16.1. The number of aryl methyl sites for hydroxylation is 1. The summed E-state index contributed by atoms with van der Waals surface area (Å²) in [6.45, 7) is 1.98. The highest BCUT2D eigenvalue weighted by Gasteiger charge is 2.22. The fourth-order valence-corrected chi connectivity index (χ4v) is 4.00. The van der Waals surface area contributed by atoms with Crippen LogP contribution in [0.5, 0.6) is 0 Å². The number of hydrogen-bond acceptors (Lipinski definition) is 5. The monoisotopic (exact) mass is 419 g/mol. The molecule has 2 N–H and O–H groups in total. The van der Waals surface area contributed by atoms with E-state index < -0.39 is 5.91 Å². The van der Waals surface area contributed by atoms with E-state index in [0.717, 1.165) is 50.5 Å². The van der Waals surface area contributed by atoms with Gasteiger partial charge in [0.2, 0.25) is 5.91 Å². The number of carbonyl (C=O) groups is 1. The molecule has 2 aromatic carbocycles. The van der Waals surface area contributed by atoms with Crippen LogP contribution >= 0.6 is 0 Å². The van der Waals surface area contributed by atoms with E-state index in [1.165, 1.54) is 0 Å². The Morgan fingerprint density at radius 1 is 0.969 bits per heavy atom. The second-order valence-corrected chi connectivity index (χ2v) is 7.85. The van der Waals surface area contributed by atoms with E-state index in [-0.39, 0.29) is 0 Å². The zero-order chi connectivity index (χ0) is 22.1. The van der Waals surface area contributed by atoms with Crippen molar-refractivity contribution in [3.63, 3.8) is 0 Å². The number of aliphatic imine (C=N–C) groups is 1. The van der Waals surface area contributed by atoms with Crippen LogP contribution < -0.4 is 5.73 Å². The topological polar surface area (TPSA) is 94.1 Å². The number of rotatable bonds is 5. The Bertz CT molecular complexity index is 1420. The molecule has 0 aliphatic carbocycles. The molecular formula is C26H21N5O. The van der Waals surface area contributed by atoms with E-state index in [2.05, 4.69) is 22.1 Å². The Hall–Kier alpha value is -4.19. The molecule has 0 bridgehead atoms. The second kappa shape index (κ2) is 8.15. The van der Waals surface area contributed by atoms with Gasteiger partial charge in [-0.3, -0.25) is 24.7 Å². The van der Waals surface area contributed by atoms with E-state index in [0.29, 0.717) is 18.4 Å². The number of primary amides is 1. The molecule has 0 atom stereocenters. The number of nitrogens with two attached hydrogens (primary N) is 1. The zero-order valence-corrected chi connectivity index (χ0v) is 17.6. The summed E-state index contributed by atoms with van der Waals surface area (Å²) < 4.78 is 0. The molecule has 2 aromatic heterocycles. The molecule has 6 nitrogen and oxygen atoms in total. The fraction of sp³-hybridized carbons (Fsp3) is 0.115. The molecule has 0 saturated heterocycles. The van der Waals surface area contributed by atoms with Gasteiger partial charge >= 0.3 is 0 Å². The smallest absolute Gasteiger partial charge is 0.248 e. The van der Waals surface area contributed by atoms with E-state index in [9.17, 15) is 4.79 Å². The number of nitrogens with zero attached hydrogens (tertiary/aromatic N) is 4. The molecule has 156 valence electrons. The highest BCUT2D eigenvalue weighted by Crippen LogP contribution is 2.36. The average Bonchev–Trinajstić information content (AvgIpc) is 3.22. The molecule has 0 spiro atoms. The largest absolute Gasteiger partial charge is 0.366 e. The van der Waals surface area contributed by atoms with Crippen LogP contribution in [0.2, 0.25) is 0 Å². The molecule has 32 heavy (non-hydrogen) atoms. The summed E-state index contributed by atoms with van der Waals surface area (Å²) in [4.78, 5) is 30.1. The van der Waals surface area contributed by atoms with Crippen molar-refractivity contribution in [1.29, 1.82) is 0 Å². The lowest BCUT2D eigenvalue weighted by molar-refractivity contribution is 0.1000. The number of carbonyl (C=O) groups excluding carboxylic acids is 1. The Kier molecular flexibility index (Phi) is 5.03. The summed E-state index contributed by atoms with van der Waals surface area (Å²) in [7, 11) is 0. The Balaban J connectivity index is 1.55. The molecule has 1 aliphatic rings. The first-order chi connectivity index (χ1) is 15.6. The van der Waals surface area contributed by atoms with Gasteiger partial charge in [-0.1, -0.05) is 24.3 Å². The molecule has 0 fully saturated rings. The zero-order valence-electron chi connectivity index (χ0n) is 17.6. The lowest BCUT2D eigenvalue weighted by Gasteiger charge is -2.08. The van der Waals surface area contributed by atoms with E-state index in [4.69, 9.17) is 15.7 Å². The van der Waals surface area contributed by atoms with Gasteiger partial charge in [-0.05, 0) is 60.0 Å². The van der Waals surface area contributed by atoms with Crippen LogP contribution in [0.4, 0.5) is 0 Å². The predicted octanol–water partition coefficient (Wildman–Crippen LogP) is 4.39. The predicted molar refractivity (Wildman–Crippen MR) is 126 cm³/mol. The van der Waals surface area contributed by atoms with Crippen molar-refractivity contribution >= 4 is 33.9 Å². The summed E-state index contributed by atoms with van der Waals surface area (Å²) in [5, 5.41) is 0. The first-order valence-electron chi connectivity index (χ1n) is 10.4.